The molecule has 3 heteroatoms. The molecule has 3 nitrogen and oxygen atoms in total. The minimum Gasteiger partial charge on any atom is -0.497 e. The third-order valence-corrected chi connectivity index (χ3v) is 3.35. The zero-order valence-electron chi connectivity index (χ0n) is 12.0. The van der Waals surface area contributed by atoms with Gasteiger partial charge in [-0.05, 0) is 30.7 Å². The van der Waals surface area contributed by atoms with E-state index in [-0.39, 0.29) is 6.04 Å². The lowest BCUT2D eigenvalue weighted by Crippen LogP contribution is -2.32. The van der Waals surface area contributed by atoms with Crippen molar-refractivity contribution in [2.24, 2.45) is 11.7 Å². The molecule has 2 unspecified atom stereocenters. The van der Waals surface area contributed by atoms with Crippen molar-refractivity contribution in [3.63, 3.8) is 0 Å². The predicted molar refractivity (Wildman–Crippen MR) is 76.9 cm³/mol. The summed E-state index contributed by atoms with van der Waals surface area (Å²) in [5.41, 5.74) is 7.37. The molecule has 0 aromatic heterocycles. The highest BCUT2D eigenvalue weighted by Gasteiger charge is 2.11. The number of ether oxygens (including phenoxy) is 1. The Balaban J connectivity index is 2.55. The second-order valence-corrected chi connectivity index (χ2v) is 5.12. The first-order chi connectivity index (χ1) is 8.56. The second-order valence-electron chi connectivity index (χ2n) is 5.12. The van der Waals surface area contributed by atoms with Crippen molar-refractivity contribution in [3.05, 3.63) is 29.8 Å². The van der Waals surface area contributed by atoms with Crippen molar-refractivity contribution >= 4 is 0 Å². The van der Waals surface area contributed by atoms with Crippen LogP contribution in [0.3, 0.4) is 0 Å². The standard InChI is InChI=1S/C15H26N2O/c1-5-12(2)10-17(3)11-15(16)13-7-6-8-14(9-13)18-4/h6-9,12,15H,5,10-11,16H2,1-4H3. The van der Waals surface area contributed by atoms with Gasteiger partial charge >= 0.3 is 0 Å². The molecule has 2 atom stereocenters. The van der Waals surface area contributed by atoms with Crippen LogP contribution in [0.1, 0.15) is 31.9 Å². The summed E-state index contributed by atoms with van der Waals surface area (Å²) in [5.74, 6) is 1.58. The lowest BCUT2D eigenvalue weighted by molar-refractivity contribution is 0.267. The molecule has 1 aromatic rings. The summed E-state index contributed by atoms with van der Waals surface area (Å²) < 4.78 is 5.22. The molecule has 18 heavy (non-hydrogen) atoms. The maximum atomic E-state index is 6.24. The fourth-order valence-electron chi connectivity index (χ4n) is 2.05. The summed E-state index contributed by atoms with van der Waals surface area (Å²) in [5, 5.41) is 0. The quantitative estimate of drug-likeness (QED) is 0.808. The molecule has 0 bridgehead atoms. The second kappa shape index (κ2) is 7.39. The highest BCUT2D eigenvalue weighted by Crippen LogP contribution is 2.18. The molecule has 0 aliphatic carbocycles. The molecule has 0 saturated carbocycles. The van der Waals surface area contributed by atoms with Crippen LogP contribution in [-0.4, -0.2) is 32.1 Å². The molecule has 0 amide bonds. The minimum absolute atomic E-state index is 0.0363. The summed E-state index contributed by atoms with van der Waals surface area (Å²) in [7, 11) is 3.81. The van der Waals surface area contributed by atoms with Crippen molar-refractivity contribution in [2.75, 3.05) is 27.2 Å². The lowest BCUT2D eigenvalue weighted by atomic mass is 10.1. The smallest absolute Gasteiger partial charge is 0.119 e. The monoisotopic (exact) mass is 250 g/mol. The van der Waals surface area contributed by atoms with Crippen molar-refractivity contribution in [2.45, 2.75) is 26.3 Å². The topological polar surface area (TPSA) is 38.5 Å². The van der Waals surface area contributed by atoms with Gasteiger partial charge in [-0.25, -0.2) is 0 Å². The van der Waals surface area contributed by atoms with Crippen LogP contribution >= 0.6 is 0 Å². The van der Waals surface area contributed by atoms with Gasteiger partial charge in [0.05, 0.1) is 7.11 Å². The molecule has 0 aliphatic rings. The summed E-state index contributed by atoms with van der Waals surface area (Å²) in [6, 6.07) is 8.04. The largest absolute Gasteiger partial charge is 0.497 e. The third kappa shape index (κ3) is 4.67. The molecule has 0 aliphatic heterocycles. The van der Waals surface area contributed by atoms with Crippen LogP contribution in [0.5, 0.6) is 5.75 Å². The Morgan fingerprint density at radius 3 is 2.67 bits per heavy atom. The molecule has 0 spiro atoms. The van der Waals surface area contributed by atoms with E-state index in [1.165, 1.54) is 6.42 Å². The molecule has 0 radical (unpaired) electrons. The van der Waals surface area contributed by atoms with Crippen molar-refractivity contribution < 1.29 is 4.74 Å². The van der Waals surface area contributed by atoms with Gasteiger partial charge in [-0.3, -0.25) is 0 Å². The first-order valence-corrected chi connectivity index (χ1v) is 6.64. The summed E-state index contributed by atoms with van der Waals surface area (Å²) in [4.78, 5) is 2.30. The van der Waals surface area contributed by atoms with Gasteiger partial charge in [0.2, 0.25) is 0 Å². The zero-order chi connectivity index (χ0) is 13.5. The number of hydrogen-bond donors (Lipinski definition) is 1. The van der Waals surface area contributed by atoms with Crippen LogP contribution in [0.15, 0.2) is 24.3 Å². The number of nitrogens with zero attached hydrogens (tertiary/aromatic N) is 1. The zero-order valence-corrected chi connectivity index (χ0v) is 12.0. The Hall–Kier alpha value is -1.06. The molecule has 0 saturated heterocycles. The Bertz CT molecular complexity index is 354. The predicted octanol–water partition coefficient (Wildman–Crippen LogP) is 2.67. The maximum absolute atomic E-state index is 6.24. The van der Waals surface area contributed by atoms with E-state index in [4.69, 9.17) is 10.5 Å². The highest BCUT2D eigenvalue weighted by atomic mass is 16.5. The molecule has 0 heterocycles. The average molecular weight is 250 g/mol. The molecule has 1 aromatic carbocycles. The van der Waals surface area contributed by atoms with E-state index >= 15 is 0 Å². The van der Waals surface area contributed by atoms with Gasteiger partial charge in [0.1, 0.15) is 5.75 Å². The Morgan fingerprint density at radius 2 is 2.06 bits per heavy atom. The SMILES string of the molecule is CCC(C)CN(C)CC(N)c1cccc(OC)c1. The minimum atomic E-state index is 0.0363. The Kier molecular flexibility index (Phi) is 6.16. The van der Waals surface area contributed by atoms with E-state index in [9.17, 15) is 0 Å². The van der Waals surface area contributed by atoms with Gasteiger partial charge in [-0.1, -0.05) is 32.4 Å². The first-order valence-electron chi connectivity index (χ1n) is 6.64. The fraction of sp³-hybridized carbons (Fsp3) is 0.600. The van der Waals surface area contributed by atoms with Gasteiger partial charge in [0.25, 0.3) is 0 Å². The number of nitrogens with two attached hydrogens (primary N) is 1. The molecular weight excluding hydrogens is 224 g/mol. The first kappa shape index (κ1) is 15.0. The van der Waals surface area contributed by atoms with E-state index in [2.05, 4.69) is 31.9 Å². The highest BCUT2D eigenvalue weighted by molar-refractivity contribution is 5.30. The number of likely N-dealkylation sites (N-methyl/N-ethyl adjacent to an activating group) is 1. The van der Waals surface area contributed by atoms with Crippen molar-refractivity contribution in [3.8, 4) is 5.75 Å². The normalized spacial score (nSPS) is 14.6. The molecular formula is C15H26N2O. The Morgan fingerprint density at radius 1 is 1.33 bits per heavy atom. The van der Waals surface area contributed by atoms with Crippen LogP contribution in [0, 0.1) is 5.92 Å². The van der Waals surface area contributed by atoms with Gasteiger partial charge in [0, 0.05) is 19.1 Å². The number of hydrogen-bond acceptors (Lipinski definition) is 3. The number of benzene rings is 1. The van der Waals surface area contributed by atoms with E-state index in [0.29, 0.717) is 5.92 Å². The third-order valence-electron chi connectivity index (χ3n) is 3.35. The van der Waals surface area contributed by atoms with Crippen LogP contribution in [-0.2, 0) is 0 Å². The van der Waals surface area contributed by atoms with E-state index in [0.717, 1.165) is 24.4 Å². The molecule has 1 rings (SSSR count). The van der Waals surface area contributed by atoms with Crippen molar-refractivity contribution in [1.82, 2.24) is 4.90 Å². The van der Waals surface area contributed by atoms with Gasteiger partial charge in [-0.2, -0.15) is 0 Å². The maximum Gasteiger partial charge on any atom is 0.119 e. The summed E-state index contributed by atoms with van der Waals surface area (Å²) in [6.07, 6.45) is 1.21. The number of methoxy groups -OCH3 is 1. The molecule has 2 N–H and O–H groups in total. The molecule has 102 valence electrons. The average Bonchev–Trinajstić information content (AvgIpc) is 2.38. The van der Waals surface area contributed by atoms with Crippen molar-refractivity contribution in [1.29, 1.82) is 0 Å². The van der Waals surface area contributed by atoms with Gasteiger partial charge < -0.3 is 15.4 Å². The van der Waals surface area contributed by atoms with E-state index < -0.39 is 0 Å². The van der Waals surface area contributed by atoms with E-state index in [1.807, 2.05) is 18.2 Å². The fourth-order valence-corrected chi connectivity index (χ4v) is 2.05. The van der Waals surface area contributed by atoms with Crippen LogP contribution in [0.25, 0.3) is 0 Å². The van der Waals surface area contributed by atoms with E-state index in [1.54, 1.807) is 7.11 Å². The van der Waals surface area contributed by atoms with Crippen LogP contribution in [0.4, 0.5) is 0 Å². The van der Waals surface area contributed by atoms with Crippen LogP contribution in [0.2, 0.25) is 0 Å². The van der Waals surface area contributed by atoms with Gasteiger partial charge in [-0.15, -0.1) is 0 Å². The Labute approximate surface area is 111 Å². The number of rotatable bonds is 7. The summed E-state index contributed by atoms with van der Waals surface area (Å²) in [6.45, 7) is 6.46. The summed E-state index contributed by atoms with van der Waals surface area (Å²) >= 11 is 0. The lowest BCUT2D eigenvalue weighted by Gasteiger charge is -2.24. The van der Waals surface area contributed by atoms with Gasteiger partial charge in [0.15, 0.2) is 0 Å². The molecule has 0 fully saturated rings. The van der Waals surface area contributed by atoms with Crippen LogP contribution < -0.4 is 10.5 Å².